The van der Waals surface area contributed by atoms with Crippen molar-refractivity contribution in [1.29, 1.82) is 0 Å². The molecule has 0 rings (SSSR count). The maximum absolute atomic E-state index is 5.68. The predicted octanol–water partition coefficient (Wildman–Crippen LogP) is 4.86. The number of rotatable bonds is 8. The van der Waals surface area contributed by atoms with E-state index in [1.165, 1.54) is 38.5 Å². The maximum atomic E-state index is 5.68. The Hall–Kier alpha value is 0.290. The van der Waals surface area contributed by atoms with Crippen molar-refractivity contribution in [3.8, 4) is 0 Å². The van der Waals surface area contributed by atoms with Crippen molar-refractivity contribution < 1.29 is 0 Å². The number of unbranched alkanes of at least 4 members (excludes halogenated alkanes) is 1. The summed E-state index contributed by atoms with van der Waals surface area (Å²) in [4.78, 5) is 0. The van der Waals surface area contributed by atoms with Gasteiger partial charge in [0, 0.05) is 5.88 Å². The molecular weight excluding hydrogens is 180 g/mol. The van der Waals surface area contributed by atoms with E-state index in [0.29, 0.717) is 0 Å². The molecule has 0 saturated carbocycles. The molecule has 0 aliphatic rings. The van der Waals surface area contributed by atoms with E-state index in [-0.39, 0.29) is 0 Å². The van der Waals surface area contributed by atoms with Crippen molar-refractivity contribution in [1.82, 2.24) is 0 Å². The molecule has 80 valence electrons. The van der Waals surface area contributed by atoms with Crippen LogP contribution in [0, 0.1) is 11.8 Å². The van der Waals surface area contributed by atoms with Crippen molar-refractivity contribution in [2.75, 3.05) is 5.88 Å². The minimum absolute atomic E-state index is 0.826. The smallest absolute Gasteiger partial charge is 0.0225 e. The van der Waals surface area contributed by atoms with Gasteiger partial charge in [-0.2, -0.15) is 0 Å². The van der Waals surface area contributed by atoms with Crippen LogP contribution < -0.4 is 0 Å². The lowest BCUT2D eigenvalue weighted by atomic mass is 9.96. The molecule has 0 heterocycles. The monoisotopic (exact) mass is 204 g/mol. The summed E-state index contributed by atoms with van der Waals surface area (Å²) in [7, 11) is 0. The minimum Gasteiger partial charge on any atom is -0.127 e. The lowest BCUT2D eigenvalue weighted by Crippen LogP contribution is -1.97. The highest BCUT2D eigenvalue weighted by Crippen LogP contribution is 2.17. The first-order chi connectivity index (χ1) is 6.20. The summed E-state index contributed by atoms with van der Waals surface area (Å²) in [6, 6.07) is 0. The van der Waals surface area contributed by atoms with E-state index in [1.807, 2.05) is 0 Å². The first-order valence-electron chi connectivity index (χ1n) is 5.76. The Kier molecular flexibility index (Phi) is 9.07. The number of alkyl halides is 1. The summed E-state index contributed by atoms with van der Waals surface area (Å²) in [5, 5.41) is 0. The van der Waals surface area contributed by atoms with Gasteiger partial charge in [-0.15, -0.1) is 11.6 Å². The maximum Gasteiger partial charge on any atom is 0.0225 e. The molecule has 0 nitrogen and oxygen atoms in total. The molecule has 0 bridgehead atoms. The molecule has 2 atom stereocenters. The van der Waals surface area contributed by atoms with Gasteiger partial charge in [0.15, 0.2) is 0 Å². The third kappa shape index (κ3) is 8.62. The Morgan fingerprint density at radius 3 is 1.92 bits per heavy atom. The zero-order chi connectivity index (χ0) is 10.1. The second-order valence-corrected chi connectivity index (χ2v) is 4.76. The van der Waals surface area contributed by atoms with Crippen LogP contribution in [0.15, 0.2) is 0 Å². The summed E-state index contributed by atoms with van der Waals surface area (Å²) in [6.45, 7) is 6.94. The fourth-order valence-corrected chi connectivity index (χ4v) is 1.89. The Morgan fingerprint density at radius 2 is 1.46 bits per heavy atom. The molecule has 0 saturated heterocycles. The van der Waals surface area contributed by atoms with Crippen molar-refractivity contribution >= 4 is 11.6 Å². The normalized spacial score (nSPS) is 15.7. The van der Waals surface area contributed by atoms with E-state index in [0.717, 1.165) is 17.7 Å². The van der Waals surface area contributed by atoms with Crippen LogP contribution in [0.1, 0.15) is 59.3 Å². The highest BCUT2D eigenvalue weighted by atomic mass is 35.5. The molecule has 0 fully saturated rings. The summed E-state index contributed by atoms with van der Waals surface area (Å²) in [5.74, 6) is 2.57. The molecular formula is C12H25Cl. The number of halogens is 1. The molecule has 0 radical (unpaired) electrons. The fraction of sp³-hybridized carbons (Fsp3) is 1.00. The first kappa shape index (κ1) is 13.3. The zero-order valence-corrected chi connectivity index (χ0v) is 10.2. The second kappa shape index (κ2) is 8.87. The van der Waals surface area contributed by atoms with Gasteiger partial charge in [0.25, 0.3) is 0 Å². The molecule has 0 spiro atoms. The summed E-state index contributed by atoms with van der Waals surface area (Å²) in [6.07, 6.45) is 8.08. The third-order valence-electron chi connectivity index (χ3n) is 2.94. The first-order valence-corrected chi connectivity index (χ1v) is 6.30. The summed E-state index contributed by atoms with van der Waals surface area (Å²) >= 11 is 5.68. The lowest BCUT2D eigenvalue weighted by molar-refractivity contribution is 0.437. The second-order valence-electron chi connectivity index (χ2n) is 4.38. The molecule has 0 aromatic rings. The van der Waals surface area contributed by atoms with Crippen LogP contribution in [0.2, 0.25) is 0 Å². The van der Waals surface area contributed by atoms with Crippen molar-refractivity contribution in [3.05, 3.63) is 0 Å². The number of hydrogen-bond donors (Lipinski definition) is 0. The van der Waals surface area contributed by atoms with Crippen molar-refractivity contribution in [2.45, 2.75) is 59.3 Å². The van der Waals surface area contributed by atoms with Gasteiger partial charge in [-0.3, -0.25) is 0 Å². The fourth-order valence-electron chi connectivity index (χ4n) is 1.52. The highest BCUT2D eigenvalue weighted by molar-refractivity contribution is 6.17. The molecule has 0 amide bonds. The van der Waals surface area contributed by atoms with Gasteiger partial charge < -0.3 is 0 Å². The Balaban J connectivity index is 3.15. The summed E-state index contributed by atoms with van der Waals surface area (Å²) < 4.78 is 0. The molecule has 0 aliphatic carbocycles. The van der Waals surface area contributed by atoms with E-state index < -0.39 is 0 Å². The molecule has 13 heavy (non-hydrogen) atoms. The van der Waals surface area contributed by atoms with Crippen LogP contribution in [0.4, 0.5) is 0 Å². The van der Waals surface area contributed by atoms with Gasteiger partial charge >= 0.3 is 0 Å². The van der Waals surface area contributed by atoms with Crippen molar-refractivity contribution in [2.24, 2.45) is 11.8 Å². The van der Waals surface area contributed by atoms with Crippen LogP contribution in [-0.2, 0) is 0 Å². The third-order valence-corrected chi connectivity index (χ3v) is 3.16. The SMILES string of the molecule is CCC(C)CCCCC(C)CCCl. The number of hydrogen-bond acceptors (Lipinski definition) is 0. The minimum atomic E-state index is 0.826. The van der Waals surface area contributed by atoms with E-state index in [9.17, 15) is 0 Å². The summed E-state index contributed by atoms with van der Waals surface area (Å²) in [5.41, 5.74) is 0. The standard InChI is InChI=1S/C12H25Cl/c1-4-11(2)7-5-6-8-12(3)9-10-13/h11-12H,4-10H2,1-3H3. The topological polar surface area (TPSA) is 0 Å². The molecule has 2 unspecified atom stereocenters. The van der Waals surface area contributed by atoms with Crippen LogP contribution in [0.5, 0.6) is 0 Å². The largest absolute Gasteiger partial charge is 0.127 e. The van der Waals surface area contributed by atoms with Crippen LogP contribution >= 0.6 is 11.6 Å². The van der Waals surface area contributed by atoms with E-state index in [4.69, 9.17) is 11.6 Å². The molecule has 0 aliphatic heterocycles. The average Bonchev–Trinajstić information content (AvgIpc) is 2.12. The van der Waals surface area contributed by atoms with Crippen LogP contribution in [0.25, 0.3) is 0 Å². The Labute approximate surface area is 89.1 Å². The lowest BCUT2D eigenvalue weighted by Gasteiger charge is -2.10. The zero-order valence-electron chi connectivity index (χ0n) is 9.48. The van der Waals surface area contributed by atoms with E-state index in [1.54, 1.807) is 0 Å². The Morgan fingerprint density at radius 1 is 0.923 bits per heavy atom. The Bertz CT molecular complexity index is 101. The van der Waals surface area contributed by atoms with Crippen LogP contribution in [-0.4, -0.2) is 5.88 Å². The molecule has 1 heteroatoms. The van der Waals surface area contributed by atoms with E-state index in [2.05, 4.69) is 20.8 Å². The van der Waals surface area contributed by atoms with Gasteiger partial charge in [-0.1, -0.05) is 52.9 Å². The van der Waals surface area contributed by atoms with Crippen molar-refractivity contribution in [3.63, 3.8) is 0 Å². The highest BCUT2D eigenvalue weighted by Gasteiger charge is 2.02. The molecule has 0 N–H and O–H groups in total. The van der Waals surface area contributed by atoms with Gasteiger partial charge in [0.1, 0.15) is 0 Å². The van der Waals surface area contributed by atoms with Crippen LogP contribution in [0.3, 0.4) is 0 Å². The molecule has 0 aromatic heterocycles. The van der Waals surface area contributed by atoms with Gasteiger partial charge in [-0.05, 0) is 18.3 Å². The van der Waals surface area contributed by atoms with Gasteiger partial charge in [0.2, 0.25) is 0 Å². The quantitative estimate of drug-likeness (QED) is 0.392. The average molecular weight is 205 g/mol. The van der Waals surface area contributed by atoms with Gasteiger partial charge in [0.05, 0.1) is 0 Å². The van der Waals surface area contributed by atoms with Gasteiger partial charge in [-0.25, -0.2) is 0 Å². The molecule has 0 aromatic carbocycles. The van der Waals surface area contributed by atoms with E-state index >= 15 is 0 Å². The predicted molar refractivity (Wildman–Crippen MR) is 62.4 cm³/mol.